The average molecular weight is 867 g/mol. The second-order valence-corrected chi connectivity index (χ2v) is 19.2. The maximum Gasteiger partial charge on any atom is 0.481 e. The van der Waals surface area contributed by atoms with E-state index in [0.29, 0.717) is 37.6 Å². The Kier molecular flexibility index (Phi) is 15.9. The molecule has 1 aromatic carbocycles. The summed E-state index contributed by atoms with van der Waals surface area (Å²) >= 11 is 0. The lowest BCUT2D eigenvalue weighted by Crippen LogP contribution is -2.65. The van der Waals surface area contributed by atoms with Gasteiger partial charge in [-0.2, -0.15) is 0 Å². The molecule has 62 heavy (non-hydrogen) atoms. The van der Waals surface area contributed by atoms with Crippen LogP contribution in [0.15, 0.2) is 30.3 Å². The fourth-order valence-corrected chi connectivity index (χ4v) is 9.92. The van der Waals surface area contributed by atoms with Crippen molar-refractivity contribution in [2.75, 3.05) is 6.54 Å². The van der Waals surface area contributed by atoms with Gasteiger partial charge in [-0.05, 0) is 92.9 Å². The molecule has 2 aliphatic heterocycles. The highest BCUT2D eigenvalue weighted by Gasteiger charge is 2.68. The van der Waals surface area contributed by atoms with E-state index in [0.717, 1.165) is 25.7 Å². The van der Waals surface area contributed by atoms with Crippen molar-refractivity contribution >= 4 is 48.6 Å². The number of carbonyl (C=O) groups is 7. The largest absolute Gasteiger partial charge is 0.481 e. The smallest absolute Gasteiger partial charge is 0.481 e. The van der Waals surface area contributed by atoms with Gasteiger partial charge in [-0.15, -0.1) is 0 Å². The monoisotopic (exact) mass is 866 g/mol. The lowest BCUT2D eigenvalue weighted by atomic mass is 9.43. The Morgan fingerprint density at radius 1 is 0.855 bits per heavy atom. The number of carbonyl (C=O) groups excluding carboxylic acids is 5. The molecule has 5 aliphatic rings. The Labute approximate surface area is 364 Å². The number of rotatable bonds is 21. The van der Waals surface area contributed by atoms with E-state index >= 15 is 0 Å². The third kappa shape index (κ3) is 11.1. The molecule has 10 atom stereocenters. The van der Waals surface area contributed by atoms with E-state index in [1.54, 1.807) is 27.7 Å². The molecule has 6 rings (SSSR count). The topological polar surface area (TPSA) is 256 Å². The summed E-state index contributed by atoms with van der Waals surface area (Å²) in [6.07, 6.45) is 3.47. The summed E-state index contributed by atoms with van der Waals surface area (Å²) in [4.78, 5) is 92.8. The SMILES string of the molecule is CC(C)[C@H](NC(=O)[C@H](CCC(=O)O)NC(=O)[C@@H](N)CC(=O)O)C(=O)N[C@H](C(=O)N1CCC[C@@H]1C(=O)N[C@@H](CCCc1ccccc1)B1O[C@@H]2C[C@@H]3C[C@@H](C3(C)C)[C@]2(C)O1)C(C)C. The zero-order valence-corrected chi connectivity index (χ0v) is 37.2. The normalized spacial score (nSPS) is 26.0. The van der Waals surface area contributed by atoms with Gasteiger partial charge in [0, 0.05) is 13.0 Å². The molecule has 3 saturated carbocycles. The summed E-state index contributed by atoms with van der Waals surface area (Å²) in [5.41, 5.74) is 6.52. The van der Waals surface area contributed by atoms with Crippen LogP contribution >= 0.6 is 0 Å². The van der Waals surface area contributed by atoms with Crippen LogP contribution in [0.4, 0.5) is 0 Å². The van der Waals surface area contributed by atoms with Crippen LogP contribution < -0.4 is 27.0 Å². The standard InChI is InChI=1S/C44H67BN6O11/c1-24(2)36(49-39(57)29(18-19-34(52)53)47-38(56)28(46)23-35(54)55)41(59)50-37(25(3)4)42(60)51-20-12-16-30(51)40(58)48-33(17-11-15-26-13-9-8-10-14-26)45-61-32-22-27-21-31(43(27,5)6)44(32,7)62-45/h8-10,13-14,24-25,27-33,36-37H,11-12,15-23,46H2,1-7H3,(H,47,56)(H,48,58)(H,49,57)(H,50,59)(H,52,53)(H,54,55)/t27-,28-,29-,30+,31-,32+,33-,36-,37-,44-/m0/s1. The van der Waals surface area contributed by atoms with Crippen molar-refractivity contribution in [1.29, 1.82) is 0 Å². The number of nitrogens with two attached hydrogens (primary N) is 1. The van der Waals surface area contributed by atoms with E-state index in [1.165, 1.54) is 10.5 Å². The summed E-state index contributed by atoms with van der Waals surface area (Å²) in [5.74, 6) is -6.46. The minimum atomic E-state index is -1.51. The molecule has 0 aromatic heterocycles. The molecule has 18 heteroatoms. The number of aliphatic carboxylic acids is 2. The summed E-state index contributed by atoms with van der Waals surface area (Å²) in [6.45, 7) is 13.9. The minimum absolute atomic E-state index is 0.0753. The highest BCUT2D eigenvalue weighted by Crippen LogP contribution is 2.65. The lowest BCUT2D eigenvalue weighted by Gasteiger charge is -2.64. The van der Waals surface area contributed by atoms with Gasteiger partial charge in [0.15, 0.2) is 0 Å². The maximum atomic E-state index is 14.4. The number of benzene rings is 1. The van der Waals surface area contributed by atoms with Crippen molar-refractivity contribution in [2.24, 2.45) is 34.8 Å². The first-order chi connectivity index (χ1) is 29.1. The summed E-state index contributed by atoms with van der Waals surface area (Å²) in [6, 6.07) is 4.06. The van der Waals surface area contributed by atoms with Crippen LogP contribution in [0.3, 0.4) is 0 Å². The van der Waals surface area contributed by atoms with Crippen molar-refractivity contribution in [2.45, 2.75) is 161 Å². The summed E-state index contributed by atoms with van der Waals surface area (Å²) in [5, 5.41) is 29.3. The first kappa shape index (κ1) is 48.5. The Bertz CT molecular complexity index is 1820. The molecule has 0 spiro atoms. The van der Waals surface area contributed by atoms with Gasteiger partial charge in [-0.25, -0.2) is 0 Å². The summed E-state index contributed by atoms with van der Waals surface area (Å²) < 4.78 is 13.5. The van der Waals surface area contributed by atoms with E-state index < -0.39 is 109 Å². The van der Waals surface area contributed by atoms with Crippen molar-refractivity contribution in [1.82, 2.24) is 26.2 Å². The molecule has 0 unspecified atom stereocenters. The van der Waals surface area contributed by atoms with Gasteiger partial charge in [0.25, 0.3) is 0 Å². The van der Waals surface area contributed by atoms with E-state index in [4.69, 9.17) is 20.1 Å². The number of amides is 5. The van der Waals surface area contributed by atoms with Gasteiger partial charge in [0.05, 0.1) is 30.1 Å². The van der Waals surface area contributed by atoms with Crippen molar-refractivity contribution < 1.29 is 53.1 Å². The van der Waals surface area contributed by atoms with Crippen LogP contribution in [0.5, 0.6) is 0 Å². The molecule has 3 aliphatic carbocycles. The number of hydrogen-bond donors (Lipinski definition) is 7. The minimum Gasteiger partial charge on any atom is -0.481 e. The molecule has 5 fully saturated rings. The Balaban J connectivity index is 1.27. The Hall–Kier alpha value is -4.55. The fourth-order valence-electron chi connectivity index (χ4n) is 9.92. The Morgan fingerprint density at radius 3 is 2.13 bits per heavy atom. The molecule has 8 N–H and O–H groups in total. The van der Waals surface area contributed by atoms with Gasteiger partial charge in [0.1, 0.15) is 24.2 Å². The zero-order valence-electron chi connectivity index (χ0n) is 37.2. The van der Waals surface area contributed by atoms with Crippen molar-refractivity contribution in [3.63, 3.8) is 0 Å². The maximum absolute atomic E-state index is 14.4. The molecule has 5 amide bonds. The average Bonchev–Trinajstić information content (AvgIpc) is 3.84. The fraction of sp³-hybridized carbons (Fsp3) is 0.705. The van der Waals surface area contributed by atoms with Crippen LogP contribution in [0.25, 0.3) is 0 Å². The third-order valence-corrected chi connectivity index (χ3v) is 13.8. The predicted molar refractivity (Wildman–Crippen MR) is 229 cm³/mol. The molecule has 2 bridgehead atoms. The van der Waals surface area contributed by atoms with E-state index in [1.807, 2.05) is 18.2 Å². The van der Waals surface area contributed by atoms with Gasteiger partial charge in [-0.3, -0.25) is 33.6 Å². The molecule has 0 radical (unpaired) electrons. The molecule has 1 aromatic rings. The quantitative estimate of drug-likeness (QED) is 0.0879. The van der Waals surface area contributed by atoms with Gasteiger partial charge in [-0.1, -0.05) is 71.9 Å². The first-order valence-corrected chi connectivity index (χ1v) is 22.2. The number of aryl methyl sites for hydroxylation is 1. The zero-order chi connectivity index (χ0) is 45.7. The van der Waals surface area contributed by atoms with Gasteiger partial charge >= 0.3 is 19.1 Å². The van der Waals surface area contributed by atoms with Gasteiger partial charge < -0.3 is 51.4 Å². The summed E-state index contributed by atoms with van der Waals surface area (Å²) in [7, 11) is -0.658. The molecule has 342 valence electrons. The predicted octanol–water partition coefficient (Wildman–Crippen LogP) is 2.19. The third-order valence-electron chi connectivity index (χ3n) is 13.8. The number of hydrogen-bond acceptors (Lipinski definition) is 10. The lowest BCUT2D eigenvalue weighted by molar-refractivity contribution is -0.199. The second-order valence-electron chi connectivity index (χ2n) is 19.2. The number of carboxylic acids is 2. The van der Waals surface area contributed by atoms with Crippen LogP contribution in [0, 0.1) is 29.1 Å². The van der Waals surface area contributed by atoms with Crippen LogP contribution in [-0.2, 0) is 49.3 Å². The molecule has 2 heterocycles. The second kappa shape index (κ2) is 20.3. The molecular weight excluding hydrogens is 799 g/mol. The van der Waals surface area contributed by atoms with Crippen molar-refractivity contribution in [3.8, 4) is 0 Å². The number of carboxylic acid groups (broad SMARTS) is 2. The highest BCUT2D eigenvalue weighted by atomic mass is 16.7. The van der Waals surface area contributed by atoms with Crippen molar-refractivity contribution in [3.05, 3.63) is 35.9 Å². The van der Waals surface area contributed by atoms with Crippen LogP contribution in [-0.4, -0.2) is 118 Å². The molecule has 17 nitrogen and oxygen atoms in total. The molecular formula is C44H67BN6O11. The van der Waals surface area contributed by atoms with Crippen LogP contribution in [0.1, 0.15) is 112 Å². The van der Waals surface area contributed by atoms with E-state index in [9.17, 15) is 38.7 Å². The van der Waals surface area contributed by atoms with Crippen LogP contribution in [0.2, 0.25) is 0 Å². The first-order valence-electron chi connectivity index (χ1n) is 22.2. The van der Waals surface area contributed by atoms with E-state index in [2.05, 4.69) is 54.2 Å². The highest BCUT2D eigenvalue weighted by molar-refractivity contribution is 6.48. The van der Waals surface area contributed by atoms with E-state index in [-0.39, 0.29) is 23.8 Å². The number of likely N-dealkylation sites (tertiary alicyclic amines) is 1. The number of nitrogens with zero attached hydrogens (tertiary/aromatic N) is 1. The number of nitrogens with one attached hydrogen (secondary N) is 4. The van der Waals surface area contributed by atoms with Gasteiger partial charge in [0.2, 0.25) is 29.5 Å². The Morgan fingerprint density at radius 2 is 1.52 bits per heavy atom. The molecule has 2 saturated heterocycles.